The minimum absolute atomic E-state index is 0.0319. The van der Waals surface area contributed by atoms with Crippen LogP contribution in [0.1, 0.15) is 34.1 Å². The number of aliphatic imine (C=N–C) groups is 1. The van der Waals surface area contributed by atoms with Crippen LogP contribution >= 0.6 is 19.5 Å². The van der Waals surface area contributed by atoms with Crippen LogP contribution in [0.4, 0.5) is 0 Å². The van der Waals surface area contributed by atoms with Gasteiger partial charge in [0.25, 0.3) is 0 Å². The van der Waals surface area contributed by atoms with Crippen LogP contribution < -0.4 is 11.5 Å². The second-order valence-corrected chi connectivity index (χ2v) is 13.4. The molecule has 0 amide bonds. The maximum Gasteiger partial charge on any atom is 0.407 e. The lowest BCUT2D eigenvalue weighted by Crippen LogP contribution is -2.53. The first-order valence-corrected chi connectivity index (χ1v) is 14.5. The summed E-state index contributed by atoms with van der Waals surface area (Å²) in [6, 6.07) is -1.50. The largest absolute Gasteiger partial charge is 0.458 e. The number of thioether (sulfide) groups is 1. The summed E-state index contributed by atoms with van der Waals surface area (Å²) in [5, 5.41) is 11.6. The van der Waals surface area contributed by atoms with Crippen molar-refractivity contribution >= 4 is 36.4 Å². The van der Waals surface area contributed by atoms with E-state index in [1.165, 1.54) is 11.6 Å². The molecule has 37 heavy (non-hydrogen) atoms. The monoisotopic (exact) mass is 561 g/mol. The summed E-state index contributed by atoms with van der Waals surface area (Å²) in [5.74, 6) is -0.498. The maximum atomic E-state index is 13.4. The van der Waals surface area contributed by atoms with Crippen LogP contribution in [-0.2, 0) is 27.9 Å². The Morgan fingerprint density at radius 1 is 1.41 bits per heavy atom. The van der Waals surface area contributed by atoms with Crippen LogP contribution in [-0.4, -0.2) is 88.4 Å². The Bertz CT molecular complexity index is 971. The predicted octanol–water partition coefficient (Wildman–Crippen LogP) is 1.66. The molecular formula is C23H40N5O7PS. The normalized spacial score (nSPS) is 28.4. The highest BCUT2D eigenvalue weighted by atomic mass is 32.2. The smallest absolute Gasteiger partial charge is 0.407 e. The Balaban J connectivity index is 2.27. The van der Waals surface area contributed by atoms with Crippen molar-refractivity contribution in [2.45, 2.75) is 57.9 Å². The highest BCUT2D eigenvalue weighted by molar-refractivity contribution is 8.13. The SMILES string of the molecule is C=C1N=C(N)C=CN1[C@@H]1C[C@H](COP(=O)(OCCSC(C)=O)N(C)C)C(OC(=O)C(N)C(C)C)[C@]1(C)O. The maximum absolute atomic E-state index is 13.4. The first-order chi connectivity index (χ1) is 17.1. The lowest BCUT2D eigenvalue weighted by Gasteiger charge is -2.38. The average molecular weight is 562 g/mol. The number of carbonyl (C=O) groups excluding carboxylic acids is 2. The first-order valence-electron chi connectivity index (χ1n) is 12.0. The van der Waals surface area contributed by atoms with E-state index >= 15 is 0 Å². The second kappa shape index (κ2) is 12.9. The number of esters is 1. The third-order valence-corrected chi connectivity index (χ3v) is 9.06. The van der Waals surface area contributed by atoms with Crippen molar-refractivity contribution in [3.05, 3.63) is 24.7 Å². The van der Waals surface area contributed by atoms with Crippen LogP contribution in [0.3, 0.4) is 0 Å². The van der Waals surface area contributed by atoms with Crippen LogP contribution in [0, 0.1) is 11.8 Å². The molecule has 0 bridgehead atoms. The van der Waals surface area contributed by atoms with E-state index in [-0.39, 0.29) is 36.5 Å². The first kappa shape index (κ1) is 31.5. The fourth-order valence-corrected chi connectivity index (χ4v) is 5.94. The highest BCUT2D eigenvalue weighted by Crippen LogP contribution is 2.52. The van der Waals surface area contributed by atoms with Gasteiger partial charge in [0, 0.05) is 24.8 Å². The number of aliphatic hydroxyl groups is 1. The van der Waals surface area contributed by atoms with E-state index < -0.39 is 43.4 Å². The van der Waals surface area contributed by atoms with Crippen molar-refractivity contribution in [2.24, 2.45) is 28.3 Å². The van der Waals surface area contributed by atoms with Crippen LogP contribution in [0.15, 0.2) is 29.7 Å². The molecule has 0 aromatic rings. The van der Waals surface area contributed by atoms with Gasteiger partial charge in [0.1, 0.15) is 29.4 Å². The molecule has 5 N–H and O–H groups in total. The van der Waals surface area contributed by atoms with E-state index in [1.807, 2.05) is 0 Å². The molecule has 1 aliphatic carbocycles. The molecule has 2 aliphatic rings. The summed E-state index contributed by atoms with van der Waals surface area (Å²) in [6.45, 7) is 10.4. The molecule has 0 radical (unpaired) electrons. The Morgan fingerprint density at radius 2 is 2.05 bits per heavy atom. The Morgan fingerprint density at radius 3 is 2.59 bits per heavy atom. The summed E-state index contributed by atoms with van der Waals surface area (Å²) in [5.41, 5.74) is 10.2. The molecule has 0 saturated heterocycles. The summed E-state index contributed by atoms with van der Waals surface area (Å²) in [6.07, 6.45) is 2.49. The van der Waals surface area contributed by atoms with Gasteiger partial charge in [0.15, 0.2) is 5.12 Å². The molecule has 2 rings (SSSR count). The van der Waals surface area contributed by atoms with E-state index in [0.29, 0.717) is 11.6 Å². The van der Waals surface area contributed by atoms with E-state index in [9.17, 15) is 19.3 Å². The number of nitrogens with two attached hydrogens (primary N) is 2. The Labute approximate surface area is 223 Å². The molecule has 1 aliphatic heterocycles. The van der Waals surface area contributed by atoms with Gasteiger partial charge in [-0.1, -0.05) is 32.2 Å². The van der Waals surface area contributed by atoms with Gasteiger partial charge in [-0.15, -0.1) is 0 Å². The van der Waals surface area contributed by atoms with Crippen molar-refractivity contribution in [1.29, 1.82) is 0 Å². The number of hydrogen-bond donors (Lipinski definition) is 3. The molecule has 6 atom stereocenters. The third-order valence-electron chi connectivity index (χ3n) is 6.32. The standard InChI is InChI=1S/C23H40N5O7PS/c1-14(2)20(25)22(30)35-21-17(13-34-36(32,27(6)7)33-10-11-37-16(4)29)12-18(23(21,5)31)28-9-8-19(24)26-15(28)3/h8-9,14,17-18,20-21,31H,3,10-13,25H2,1-2,4-7H3,(H2,24,26)/t17-,18-,20?,21?,23-,36?/m1/s1. The Hall–Kier alpha value is -1.73. The fourth-order valence-electron chi connectivity index (χ4n) is 4.12. The minimum atomic E-state index is -3.73. The number of amidine groups is 1. The molecule has 0 aromatic heterocycles. The lowest BCUT2D eigenvalue weighted by molar-refractivity contribution is -0.169. The fraction of sp³-hybridized carbons (Fsp3) is 0.696. The van der Waals surface area contributed by atoms with Crippen LogP contribution in [0.2, 0.25) is 0 Å². The molecule has 210 valence electrons. The molecular weight excluding hydrogens is 521 g/mol. The Kier molecular flexibility index (Phi) is 11.0. The number of rotatable bonds is 12. The van der Waals surface area contributed by atoms with Gasteiger partial charge < -0.3 is 26.2 Å². The zero-order valence-electron chi connectivity index (χ0n) is 22.3. The summed E-state index contributed by atoms with van der Waals surface area (Å²) in [4.78, 5) is 29.8. The van der Waals surface area contributed by atoms with E-state index in [2.05, 4.69) is 11.6 Å². The molecule has 14 heteroatoms. The zero-order chi connectivity index (χ0) is 28.1. The second-order valence-electron chi connectivity index (χ2n) is 9.83. The van der Waals surface area contributed by atoms with Crippen LogP contribution in [0.25, 0.3) is 0 Å². The topological polar surface area (TPSA) is 170 Å². The third kappa shape index (κ3) is 7.89. The summed E-state index contributed by atoms with van der Waals surface area (Å²) >= 11 is 1.05. The quantitative estimate of drug-likeness (QED) is 0.179. The van der Waals surface area contributed by atoms with E-state index in [4.69, 9.17) is 25.3 Å². The molecule has 1 saturated carbocycles. The van der Waals surface area contributed by atoms with Gasteiger partial charge in [-0.05, 0) is 39.4 Å². The van der Waals surface area contributed by atoms with Gasteiger partial charge in [0.2, 0.25) is 0 Å². The van der Waals surface area contributed by atoms with Gasteiger partial charge in [0.05, 0.1) is 19.3 Å². The van der Waals surface area contributed by atoms with Gasteiger partial charge >= 0.3 is 13.7 Å². The van der Waals surface area contributed by atoms with Crippen molar-refractivity contribution in [3.8, 4) is 0 Å². The van der Waals surface area contributed by atoms with Gasteiger partial charge in [-0.3, -0.25) is 18.6 Å². The highest BCUT2D eigenvalue weighted by Gasteiger charge is 2.56. The lowest BCUT2D eigenvalue weighted by atomic mass is 9.95. The number of ether oxygens (including phenoxy) is 1. The number of carbonyl (C=O) groups is 2. The summed E-state index contributed by atoms with van der Waals surface area (Å²) < 4.78 is 31.8. The molecule has 12 nitrogen and oxygen atoms in total. The predicted molar refractivity (Wildman–Crippen MR) is 143 cm³/mol. The molecule has 1 fully saturated rings. The summed E-state index contributed by atoms with van der Waals surface area (Å²) in [7, 11) is -0.631. The van der Waals surface area contributed by atoms with Crippen molar-refractivity contribution < 1.29 is 33.0 Å². The molecule has 1 heterocycles. The van der Waals surface area contributed by atoms with Crippen molar-refractivity contribution in [2.75, 3.05) is 33.1 Å². The minimum Gasteiger partial charge on any atom is -0.458 e. The number of hydrogen-bond acceptors (Lipinski definition) is 12. The van der Waals surface area contributed by atoms with Crippen LogP contribution in [0.5, 0.6) is 0 Å². The molecule has 0 spiro atoms. The zero-order valence-corrected chi connectivity index (χ0v) is 24.0. The van der Waals surface area contributed by atoms with Gasteiger partial charge in [-0.25, -0.2) is 14.2 Å². The van der Waals surface area contributed by atoms with Crippen molar-refractivity contribution in [3.63, 3.8) is 0 Å². The van der Waals surface area contributed by atoms with E-state index in [1.54, 1.807) is 52.0 Å². The average Bonchev–Trinajstić information content (AvgIpc) is 3.04. The van der Waals surface area contributed by atoms with E-state index in [0.717, 1.165) is 11.8 Å². The van der Waals surface area contributed by atoms with Crippen molar-refractivity contribution in [1.82, 2.24) is 9.57 Å². The molecule has 3 unspecified atom stereocenters. The number of nitrogens with zero attached hydrogens (tertiary/aromatic N) is 3. The van der Waals surface area contributed by atoms with Gasteiger partial charge in [-0.2, -0.15) is 0 Å². The molecule has 0 aromatic carbocycles.